The maximum Gasteiger partial charge on any atom is 0.0929 e. The van der Waals surface area contributed by atoms with E-state index in [4.69, 9.17) is 0 Å². The Bertz CT molecular complexity index is 184. The van der Waals surface area contributed by atoms with Gasteiger partial charge >= 0.3 is 0 Å². The molecule has 0 radical (unpaired) electrons. The second kappa shape index (κ2) is 3.10. The van der Waals surface area contributed by atoms with Crippen LogP contribution in [0.15, 0.2) is 16.2 Å². The van der Waals surface area contributed by atoms with Gasteiger partial charge in [0.25, 0.3) is 0 Å². The summed E-state index contributed by atoms with van der Waals surface area (Å²) in [5, 5.41) is 0. The van der Waals surface area contributed by atoms with Gasteiger partial charge in [0, 0.05) is 18.0 Å². The summed E-state index contributed by atoms with van der Waals surface area (Å²) in [7, 11) is 0. The van der Waals surface area contributed by atoms with Crippen LogP contribution in [-0.4, -0.2) is 16.6 Å². The summed E-state index contributed by atoms with van der Waals surface area (Å²) in [4.78, 5) is 0. The van der Waals surface area contributed by atoms with E-state index in [2.05, 4.69) is 28.6 Å². The van der Waals surface area contributed by atoms with E-state index in [1.807, 2.05) is 6.92 Å². The normalized spacial score (nSPS) is 18.5. The lowest BCUT2D eigenvalue weighted by molar-refractivity contribution is 0.606. The molecule has 0 aromatic rings. The molecule has 1 aliphatic heterocycles. The van der Waals surface area contributed by atoms with Crippen LogP contribution in [0.4, 0.5) is 0 Å². The fourth-order valence-corrected chi connectivity index (χ4v) is 1.46. The van der Waals surface area contributed by atoms with Gasteiger partial charge < -0.3 is 4.31 Å². The third-order valence-corrected chi connectivity index (χ3v) is 2.49. The van der Waals surface area contributed by atoms with Gasteiger partial charge in [0.1, 0.15) is 0 Å². The van der Waals surface area contributed by atoms with Crippen molar-refractivity contribution in [1.29, 1.82) is 0 Å². The summed E-state index contributed by atoms with van der Waals surface area (Å²) in [6.45, 7) is 7.27. The second-order valence-corrected chi connectivity index (χ2v) is 3.08. The summed E-state index contributed by atoms with van der Waals surface area (Å²) in [5.41, 5.74) is 2.40. The number of hydrogen-bond donors (Lipinski definition) is 0. The van der Waals surface area contributed by atoms with Crippen LogP contribution in [0.25, 0.3) is 0 Å². The summed E-state index contributed by atoms with van der Waals surface area (Å²) < 4.78 is 6.38. The molecule has 0 spiro atoms. The second-order valence-electron chi connectivity index (χ2n) is 2.29. The van der Waals surface area contributed by atoms with Crippen LogP contribution >= 0.6 is 12.1 Å². The molecular weight excluding hydrogens is 144 g/mol. The molecule has 0 unspecified atom stereocenters. The van der Waals surface area contributed by atoms with Gasteiger partial charge in [0.15, 0.2) is 0 Å². The van der Waals surface area contributed by atoms with Crippen molar-refractivity contribution in [2.24, 2.45) is 4.40 Å². The van der Waals surface area contributed by atoms with E-state index in [0.29, 0.717) is 0 Å². The molecule has 0 saturated heterocycles. The first-order chi connectivity index (χ1) is 4.74. The predicted molar refractivity (Wildman–Crippen MR) is 46.8 cm³/mol. The highest BCUT2D eigenvalue weighted by molar-refractivity contribution is 7.96. The van der Waals surface area contributed by atoms with Gasteiger partial charge in [-0.3, -0.25) is 0 Å². The van der Waals surface area contributed by atoms with Crippen molar-refractivity contribution in [3.05, 3.63) is 11.8 Å². The van der Waals surface area contributed by atoms with Gasteiger partial charge in [-0.05, 0) is 26.8 Å². The number of rotatable bonds is 1. The fourth-order valence-electron chi connectivity index (χ4n) is 0.886. The van der Waals surface area contributed by atoms with Crippen LogP contribution < -0.4 is 0 Å². The van der Waals surface area contributed by atoms with Gasteiger partial charge in [0.2, 0.25) is 0 Å². The minimum Gasteiger partial charge on any atom is -0.302 e. The zero-order chi connectivity index (χ0) is 7.56. The van der Waals surface area contributed by atoms with Gasteiger partial charge in [-0.2, -0.15) is 4.40 Å². The van der Waals surface area contributed by atoms with E-state index in [9.17, 15) is 0 Å². The van der Waals surface area contributed by atoms with Gasteiger partial charge in [0.05, 0.1) is 12.1 Å². The number of hydrogen-bond acceptors (Lipinski definition) is 3. The molecule has 0 saturated carbocycles. The Kier molecular flexibility index (Phi) is 2.38. The Morgan fingerprint density at radius 3 is 2.80 bits per heavy atom. The SMILES string of the molecule is CCN1SN=C(C)C=C1C. The molecule has 1 rings (SSSR count). The van der Waals surface area contributed by atoms with E-state index in [1.165, 1.54) is 17.8 Å². The lowest BCUT2D eigenvalue weighted by Crippen LogP contribution is -2.15. The van der Waals surface area contributed by atoms with Crippen molar-refractivity contribution in [3.63, 3.8) is 0 Å². The summed E-state index contributed by atoms with van der Waals surface area (Å²) in [6.07, 6.45) is 2.10. The number of allylic oxidation sites excluding steroid dienone is 2. The molecule has 1 aliphatic rings. The summed E-state index contributed by atoms with van der Waals surface area (Å²) >= 11 is 1.53. The smallest absolute Gasteiger partial charge is 0.0929 e. The monoisotopic (exact) mass is 156 g/mol. The Balaban J connectivity index is 2.68. The first-order valence-electron chi connectivity index (χ1n) is 3.41. The highest BCUT2D eigenvalue weighted by atomic mass is 32.2. The largest absolute Gasteiger partial charge is 0.302 e. The highest BCUT2D eigenvalue weighted by Gasteiger charge is 2.07. The highest BCUT2D eigenvalue weighted by Crippen LogP contribution is 2.22. The Hall–Kier alpha value is -0.440. The molecule has 0 aromatic heterocycles. The molecule has 0 atom stereocenters. The molecule has 0 fully saturated rings. The van der Waals surface area contributed by atoms with E-state index in [-0.39, 0.29) is 0 Å². The van der Waals surface area contributed by atoms with Crippen molar-refractivity contribution in [1.82, 2.24) is 4.31 Å². The van der Waals surface area contributed by atoms with Crippen LogP contribution in [0, 0.1) is 0 Å². The zero-order valence-corrected chi connectivity index (χ0v) is 7.40. The molecule has 1 heterocycles. The van der Waals surface area contributed by atoms with E-state index in [1.54, 1.807) is 0 Å². The zero-order valence-electron chi connectivity index (χ0n) is 6.59. The molecule has 2 nitrogen and oxygen atoms in total. The van der Waals surface area contributed by atoms with Gasteiger partial charge in [-0.25, -0.2) is 0 Å². The molecular formula is C7H12N2S. The Labute approximate surface area is 66.3 Å². The predicted octanol–water partition coefficient (Wildman–Crippen LogP) is 2.25. The first kappa shape index (κ1) is 7.66. The third-order valence-electron chi connectivity index (χ3n) is 1.38. The molecule has 0 bridgehead atoms. The first-order valence-corrected chi connectivity index (χ1v) is 4.14. The minimum absolute atomic E-state index is 1.02. The van der Waals surface area contributed by atoms with Crippen LogP contribution in [0.5, 0.6) is 0 Å². The molecule has 0 aromatic carbocycles. The topological polar surface area (TPSA) is 15.6 Å². The molecule has 0 amide bonds. The van der Waals surface area contributed by atoms with Gasteiger partial charge in [-0.15, -0.1) is 0 Å². The average molecular weight is 156 g/mol. The Morgan fingerprint density at radius 2 is 2.30 bits per heavy atom. The van der Waals surface area contributed by atoms with Crippen molar-refractivity contribution >= 4 is 17.8 Å². The summed E-state index contributed by atoms with van der Waals surface area (Å²) in [5.74, 6) is 0. The maximum atomic E-state index is 4.22. The van der Waals surface area contributed by atoms with Crippen molar-refractivity contribution in [3.8, 4) is 0 Å². The van der Waals surface area contributed by atoms with Crippen molar-refractivity contribution in [2.75, 3.05) is 6.54 Å². The lowest BCUT2D eigenvalue weighted by Gasteiger charge is -2.22. The van der Waals surface area contributed by atoms with Crippen LogP contribution in [0.2, 0.25) is 0 Å². The number of nitrogens with zero attached hydrogens (tertiary/aromatic N) is 2. The van der Waals surface area contributed by atoms with E-state index in [0.717, 1.165) is 12.3 Å². The molecule has 3 heteroatoms. The fraction of sp³-hybridized carbons (Fsp3) is 0.571. The molecule has 0 aliphatic carbocycles. The average Bonchev–Trinajstić information content (AvgIpc) is 1.88. The molecule has 0 N–H and O–H groups in total. The molecule has 56 valence electrons. The van der Waals surface area contributed by atoms with Crippen molar-refractivity contribution < 1.29 is 0 Å². The Morgan fingerprint density at radius 1 is 1.60 bits per heavy atom. The lowest BCUT2D eigenvalue weighted by atomic mass is 10.3. The maximum absolute atomic E-state index is 4.22. The van der Waals surface area contributed by atoms with Crippen molar-refractivity contribution in [2.45, 2.75) is 20.8 Å². The van der Waals surface area contributed by atoms with Crippen LogP contribution in [-0.2, 0) is 0 Å². The third kappa shape index (κ3) is 1.53. The van der Waals surface area contributed by atoms with E-state index >= 15 is 0 Å². The van der Waals surface area contributed by atoms with Gasteiger partial charge in [-0.1, -0.05) is 0 Å². The molecule has 10 heavy (non-hydrogen) atoms. The van der Waals surface area contributed by atoms with Crippen LogP contribution in [0.3, 0.4) is 0 Å². The quantitative estimate of drug-likeness (QED) is 0.541. The standard InChI is InChI=1S/C7H12N2S/c1-4-9-7(3)5-6(2)8-10-9/h5H,4H2,1-3H3. The summed E-state index contributed by atoms with van der Waals surface area (Å²) in [6, 6.07) is 0. The van der Waals surface area contributed by atoms with Crippen LogP contribution in [0.1, 0.15) is 20.8 Å². The minimum atomic E-state index is 1.02. The van der Waals surface area contributed by atoms with E-state index < -0.39 is 0 Å².